The first-order valence-electron chi connectivity index (χ1n) is 12.7. The van der Waals surface area contributed by atoms with Gasteiger partial charge in [0.1, 0.15) is 30.9 Å². The van der Waals surface area contributed by atoms with Crippen molar-refractivity contribution < 1.29 is 18.7 Å². The van der Waals surface area contributed by atoms with Crippen LogP contribution in [-0.2, 0) is 11.2 Å². The smallest absolute Gasteiger partial charge is 0.410 e. The van der Waals surface area contributed by atoms with Crippen LogP contribution in [-0.4, -0.2) is 60.5 Å². The Kier molecular flexibility index (Phi) is 6.83. The molecular weight excluding hydrogens is 475 g/mol. The van der Waals surface area contributed by atoms with Gasteiger partial charge in [0.2, 0.25) is 5.88 Å². The average Bonchev–Trinajstić information content (AvgIpc) is 3.47. The van der Waals surface area contributed by atoms with Gasteiger partial charge in [-0.15, -0.1) is 0 Å². The van der Waals surface area contributed by atoms with E-state index < -0.39 is 0 Å². The maximum absolute atomic E-state index is 14.9. The van der Waals surface area contributed by atoms with Gasteiger partial charge in [0.15, 0.2) is 0 Å². The summed E-state index contributed by atoms with van der Waals surface area (Å²) < 4.78 is 28.3. The molecule has 2 saturated heterocycles. The molecule has 196 valence electrons. The number of nitrogens with zero attached hydrogens (tertiary/aromatic N) is 6. The lowest BCUT2D eigenvalue weighted by molar-refractivity contribution is 0.0202. The van der Waals surface area contributed by atoms with E-state index in [4.69, 9.17) is 9.47 Å². The van der Waals surface area contributed by atoms with Crippen LogP contribution in [0.1, 0.15) is 63.3 Å². The van der Waals surface area contributed by atoms with Crippen LogP contribution in [0.2, 0.25) is 0 Å². The molecule has 2 aromatic heterocycles. The van der Waals surface area contributed by atoms with Gasteiger partial charge in [-0.3, -0.25) is 0 Å². The zero-order chi connectivity index (χ0) is 26.2. The molecule has 0 spiro atoms. The summed E-state index contributed by atoms with van der Waals surface area (Å²) in [6.45, 7) is 8.45. The van der Waals surface area contributed by atoms with E-state index in [1.807, 2.05) is 11.8 Å². The number of ether oxygens (including phenoxy) is 2. The molecule has 9 nitrogen and oxygen atoms in total. The quantitative estimate of drug-likeness (QED) is 0.478. The number of halogens is 1. The summed E-state index contributed by atoms with van der Waals surface area (Å²) in [7, 11) is 0. The van der Waals surface area contributed by atoms with Gasteiger partial charge in [0.25, 0.3) is 0 Å². The lowest BCUT2D eigenvalue weighted by atomic mass is 9.98. The SMILES string of the molecule is Cc1c(Cc2ccc(-n3cncn3)cc2F)ncnc1OC1CC2CCC(C1)N2C(=O)OCC(C)(C)C. The molecule has 2 atom stereocenters. The van der Waals surface area contributed by atoms with Gasteiger partial charge in [-0.05, 0) is 42.9 Å². The highest BCUT2D eigenvalue weighted by atomic mass is 19.1. The monoisotopic (exact) mass is 508 g/mol. The van der Waals surface area contributed by atoms with Crippen LogP contribution < -0.4 is 4.74 Å². The maximum Gasteiger partial charge on any atom is 0.410 e. The maximum atomic E-state index is 14.9. The first-order valence-corrected chi connectivity index (χ1v) is 12.7. The fourth-order valence-electron chi connectivity index (χ4n) is 5.14. The Hall–Kier alpha value is -3.56. The van der Waals surface area contributed by atoms with Crippen LogP contribution in [0, 0.1) is 18.2 Å². The highest BCUT2D eigenvalue weighted by Crippen LogP contribution is 2.38. The second kappa shape index (κ2) is 10.1. The zero-order valence-electron chi connectivity index (χ0n) is 21.7. The first kappa shape index (κ1) is 25.1. The van der Waals surface area contributed by atoms with E-state index in [0.29, 0.717) is 35.9 Å². The van der Waals surface area contributed by atoms with Crippen LogP contribution in [0.15, 0.2) is 37.2 Å². The van der Waals surface area contributed by atoms with Crippen LogP contribution >= 0.6 is 0 Å². The molecule has 1 aromatic carbocycles. The number of amides is 1. The van der Waals surface area contributed by atoms with E-state index in [1.54, 1.807) is 12.1 Å². The van der Waals surface area contributed by atoms with Crippen LogP contribution in [0.3, 0.4) is 0 Å². The van der Waals surface area contributed by atoms with Crippen molar-refractivity contribution in [1.29, 1.82) is 0 Å². The van der Waals surface area contributed by atoms with Gasteiger partial charge in [-0.2, -0.15) is 5.10 Å². The van der Waals surface area contributed by atoms with Crippen molar-refractivity contribution in [2.24, 2.45) is 5.41 Å². The molecule has 0 aliphatic carbocycles. The average molecular weight is 509 g/mol. The standard InChI is InChI=1S/C27H33FN6O3/c1-17-24(9-18-5-6-19(12-23(18)28)33-16-29-14-32-33)30-15-31-25(17)37-22-10-20-7-8-21(11-22)34(20)26(35)36-13-27(2,3)4/h5-6,12,14-16,20-22H,7-11,13H2,1-4H3. The molecule has 0 saturated carbocycles. The van der Waals surface area contributed by atoms with Gasteiger partial charge >= 0.3 is 6.09 Å². The molecule has 2 aliphatic rings. The Morgan fingerprint density at radius 1 is 1.14 bits per heavy atom. The zero-order valence-corrected chi connectivity index (χ0v) is 21.7. The Morgan fingerprint density at radius 3 is 2.54 bits per heavy atom. The van der Waals surface area contributed by atoms with E-state index in [-0.39, 0.29) is 35.5 Å². The molecule has 37 heavy (non-hydrogen) atoms. The van der Waals surface area contributed by atoms with Gasteiger partial charge in [-0.1, -0.05) is 26.8 Å². The van der Waals surface area contributed by atoms with Gasteiger partial charge in [-0.25, -0.2) is 28.8 Å². The summed E-state index contributed by atoms with van der Waals surface area (Å²) in [6, 6.07) is 5.19. The lowest BCUT2D eigenvalue weighted by Gasteiger charge is -2.38. The number of rotatable bonds is 6. The van der Waals surface area contributed by atoms with Crippen LogP contribution in [0.5, 0.6) is 5.88 Å². The summed E-state index contributed by atoms with van der Waals surface area (Å²) in [6.07, 6.45) is 7.81. The number of aromatic nitrogens is 5. The minimum Gasteiger partial charge on any atom is -0.474 e. The Labute approximate surface area is 216 Å². The summed E-state index contributed by atoms with van der Waals surface area (Å²) in [4.78, 5) is 27.4. The van der Waals surface area contributed by atoms with E-state index in [0.717, 1.165) is 31.2 Å². The number of fused-ring (bicyclic) bond motifs is 2. The van der Waals surface area contributed by atoms with E-state index >= 15 is 0 Å². The van der Waals surface area contributed by atoms with Crippen molar-refractivity contribution in [3.05, 3.63) is 59.8 Å². The molecule has 10 heteroatoms. The predicted octanol–water partition coefficient (Wildman–Crippen LogP) is 4.65. The second-order valence-corrected chi connectivity index (χ2v) is 11.2. The molecule has 1 amide bonds. The Bertz CT molecular complexity index is 1250. The van der Waals surface area contributed by atoms with Gasteiger partial charge in [0, 0.05) is 36.9 Å². The third kappa shape index (κ3) is 5.57. The Balaban J connectivity index is 1.24. The second-order valence-electron chi connectivity index (χ2n) is 11.2. The highest BCUT2D eigenvalue weighted by Gasteiger charge is 2.45. The summed E-state index contributed by atoms with van der Waals surface area (Å²) in [5.41, 5.74) is 2.56. The van der Waals surface area contributed by atoms with Crippen LogP contribution in [0.4, 0.5) is 9.18 Å². The predicted molar refractivity (Wildman–Crippen MR) is 134 cm³/mol. The van der Waals surface area contributed by atoms with E-state index in [1.165, 1.54) is 29.7 Å². The molecular formula is C27H33FN6O3. The number of hydrogen-bond donors (Lipinski definition) is 0. The fourth-order valence-corrected chi connectivity index (χ4v) is 5.14. The topological polar surface area (TPSA) is 95.3 Å². The minimum atomic E-state index is -0.337. The third-order valence-corrected chi connectivity index (χ3v) is 7.03. The van der Waals surface area contributed by atoms with E-state index in [2.05, 4.69) is 40.8 Å². The van der Waals surface area contributed by atoms with Crippen LogP contribution in [0.25, 0.3) is 5.69 Å². The molecule has 2 bridgehead atoms. The van der Waals surface area contributed by atoms with Crippen molar-refractivity contribution >= 4 is 6.09 Å². The van der Waals surface area contributed by atoms with Gasteiger partial charge < -0.3 is 14.4 Å². The fraction of sp³-hybridized carbons (Fsp3) is 0.519. The van der Waals surface area contributed by atoms with Crippen molar-refractivity contribution in [2.45, 2.75) is 78.0 Å². The summed E-state index contributed by atoms with van der Waals surface area (Å²) in [5, 5.41) is 4.04. The molecule has 3 aromatic rings. The number of carbonyl (C=O) groups is 1. The molecule has 0 N–H and O–H groups in total. The lowest BCUT2D eigenvalue weighted by Crippen LogP contribution is -2.49. The highest BCUT2D eigenvalue weighted by molar-refractivity contribution is 5.69. The van der Waals surface area contributed by atoms with Crippen molar-refractivity contribution in [2.75, 3.05) is 6.61 Å². The number of benzene rings is 1. The summed E-state index contributed by atoms with van der Waals surface area (Å²) >= 11 is 0. The molecule has 2 aliphatic heterocycles. The normalized spacial score (nSPS) is 21.2. The van der Waals surface area contributed by atoms with Gasteiger partial charge in [0.05, 0.1) is 18.0 Å². The molecule has 4 heterocycles. The number of piperidine rings is 1. The molecule has 2 fully saturated rings. The first-order chi connectivity index (χ1) is 17.7. The van der Waals surface area contributed by atoms with Crippen molar-refractivity contribution in [1.82, 2.24) is 29.6 Å². The number of carbonyl (C=O) groups excluding carboxylic acids is 1. The van der Waals surface area contributed by atoms with Crippen molar-refractivity contribution in [3.63, 3.8) is 0 Å². The van der Waals surface area contributed by atoms with Crippen molar-refractivity contribution in [3.8, 4) is 11.6 Å². The van der Waals surface area contributed by atoms with E-state index in [9.17, 15) is 9.18 Å². The molecule has 2 unspecified atom stereocenters. The molecule has 0 radical (unpaired) electrons. The third-order valence-electron chi connectivity index (χ3n) is 7.03. The number of hydrogen-bond acceptors (Lipinski definition) is 7. The summed E-state index contributed by atoms with van der Waals surface area (Å²) in [5.74, 6) is 0.175. The molecule has 5 rings (SSSR count). The Morgan fingerprint density at radius 2 is 1.89 bits per heavy atom. The largest absolute Gasteiger partial charge is 0.474 e. The minimum absolute atomic E-state index is 0.0516.